The molecule has 0 aromatic heterocycles. The molecule has 150 valence electrons. The Kier molecular flexibility index (Phi) is 9.08. The Bertz CT molecular complexity index is 645. The molecule has 1 rings (SSSR count). The number of halogens is 1. The van der Waals surface area contributed by atoms with E-state index in [4.69, 9.17) is 21.1 Å². The second-order valence-electron chi connectivity index (χ2n) is 6.07. The van der Waals surface area contributed by atoms with Gasteiger partial charge >= 0.3 is 18.0 Å². The molecule has 27 heavy (non-hydrogen) atoms. The summed E-state index contributed by atoms with van der Waals surface area (Å²) in [6.07, 6.45) is -0.584. The summed E-state index contributed by atoms with van der Waals surface area (Å²) in [6, 6.07) is 7.04. The zero-order valence-electron chi connectivity index (χ0n) is 16.0. The van der Waals surface area contributed by atoms with Gasteiger partial charge in [0, 0.05) is 17.5 Å². The number of hydrogen-bond acceptors (Lipinski definition) is 6. The second-order valence-corrected chi connectivity index (χ2v) is 6.48. The van der Waals surface area contributed by atoms with E-state index in [1.807, 2.05) is 0 Å². The largest absolute Gasteiger partial charge is 0.465 e. The Balaban J connectivity index is 3.24. The van der Waals surface area contributed by atoms with Gasteiger partial charge in [0.2, 0.25) is 0 Å². The zero-order valence-corrected chi connectivity index (χ0v) is 16.8. The van der Waals surface area contributed by atoms with E-state index in [0.29, 0.717) is 10.6 Å². The number of carbonyl (C=O) groups is 3. The fourth-order valence-electron chi connectivity index (χ4n) is 2.70. The molecule has 0 bridgehead atoms. The summed E-state index contributed by atoms with van der Waals surface area (Å²) >= 11 is 6.30. The van der Waals surface area contributed by atoms with Crippen molar-refractivity contribution in [3.05, 3.63) is 34.9 Å². The van der Waals surface area contributed by atoms with Gasteiger partial charge < -0.3 is 19.5 Å². The van der Waals surface area contributed by atoms with E-state index in [1.54, 1.807) is 38.1 Å². The fourth-order valence-corrected chi connectivity index (χ4v) is 2.99. The van der Waals surface area contributed by atoms with E-state index >= 15 is 0 Å². The van der Waals surface area contributed by atoms with Gasteiger partial charge in [0.25, 0.3) is 0 Å². The third kappa shape index (κ3) is 6.13. The molecule has 0 heterocycles. The lowest BCUT2D eigenvalue weighted by Gasteiger charge is -2.30. The topological polar surface area (TPSA) is 90.9 Å². The van der Waals surface area contributed by atoms with E-state index in [9.17, 15) is 14.4 Å². The van der Waals surface area contributed by atoms with Gasteiger partial charge in [-0.15, -0.1) is 0 Å². The molecule has 1 aromatic rings. The highest BCUT2D eigenvalue weighted by atomic mass is 35.5. The molecule has 1 atom stereocenters. The van der Waals surface area contributed by atoms with E-state index < -0.39 is 29.4 Å². The van der Waals surface area contributed by atoms with Crippen LogP contribution >= 0.6 is 11.6 Å². The number of alkyl carbamates (subject to hydrolysis) is 1. The second kappa shape index (κ2) is 10.8. The SMILES string of the molecule is CCOC(=O)C(C)(CC(CNC(=O)OC)c1ccccc1Cl)C(=O)OCC. The maximum absolute atomic E-state index is 12.6. The van der Waals surface area contributed by atoms with Gasteiger partial charge in [0.05, 0.1) is 20.3 Å². The number of benzene rings is 1. The van der Waals surface area contributed by atoms with Crippen LogP contribution in [0.3, 0.4) is 0 Å². The van der Waals surface area contributed by atoms with Crippen LogP contribution in [0.1, 0.15) is 38.7 Å². The first kappa shape index (κ1) is 22.8. The van der Waals surface area contributed by atoms with Crippen LogP contribution in [-0.2, 0) is 23.8 Å². The number of carbonyl (C=O) groups excluding carboxylic acids is 3. The van der Waals surface area contributed by atoms with E-state index in [1.165, 1.54) is 14.0 Å². The summed E-state index contributed by atoms with van der Waals surface area (Å²) in [4.78, 5) is 36.6. The van der Waals surface area contributed by atoms with E-state index in [-0.39, 0.29) is 26.2 Å². The summed E-state index contributed by atoms with van der Waals surface area (Å²) in [7, 11) is 1.25. The average molecular weight is 400 g/mol. The quantitative estimate of drug-likeness (QED) is 0.389. The maximum atomic E-state index is 12.6. The molecule has 0 aliphatic carbocycles. The monoisotopic (exact) mass is 399 g/mol. The molecular weight excluding hydrogens is 374 g/mol. The normalized spacial score (nSPS) is 12.0. The Morgan fingerprint density at radius 1 is 1.11 bits per heavy atom. The molecule has 1 N–H and O–H groups in total. The Labute approximate surface area is 164 Å². The Morgan fingerprint density at radius 3 is 2.15 bits per heavy atom. The highest BCUT2D eigenvalue weighted by Crippen LogP contribution is 2.37. The number of rotatable bonds is 9. The van der Waals surface area contributed by atoms with Crippen molar-refractivity contribution >= 4 is 29.6 Å². The standard InChI is InChI=1S/C19H26ClNO6/c1-5-26-16(22)19(3,17(23)27-6-2)11-13(12-21-18(24)25-4)14-9-7-8-10-15(14)20/h7-10,13H,5-6,11-12H2,1-4H3,(H,21,24). The lowest BCUT2D eigenvalue weighted by Crippen LogP contribution is -2.42. The predicted molar refractivity (Wildman–Crippen MR) is 101 cm³/mol. The summed E-state index contributed by atoms with van der Waals surface area (Å²) in [5, 5.41) is 3.06. The van der Waals surface area contributed by atoms with Crippen LogP contribution in [0.25, 0.3) is 0 Å². The van der Waals surface area contributed by atoms with Gasteiger partial charge in [-0.1, -0.05) is 29.8 Å². The van der Waals surface area contributed by atoms with E-state index in [2.05, 4.69) is 10.1 Å². The third-order valence-electron chi connectivity index (χ3n) is 4.13. The number of methoxy groups -OCH3 is 1. The van der Waals surface area contributed by atoms with Crippen LogP contribution in [-0.4, -0.2) is 44.9 Å². The van der Waals surface area contributed by atoms with Crippen LogP contribution < -0.4 is 5.32 Å². The van der Waals surface area contributed by atoms with Crippen molar-refractivity contribution in [2.45, 2.75) is 33.1 Å². The molecule has 1 aromatic carbocycles. The van der Waals surface area contributed by atoms with Crippen LogP contribution in [0, 0.1) is 5.41 Å². The lowest BCUT2D eigenvalue weighted by atomic mass is 9.78. The first-order valence-electron chi connectivity index (χ1n) is 8.70. The minimum atomic E-state index is -1.55. The molecule has 0 saturated heterocycles. The van der Waals surface area contributed by atoms with Gasteiger partial charge in [0.1, 0.15) is 0 Å². The molecule has 1 unspecified atom stereocenters. The summed E-state index contributed by atoms with van der Waals surface area (Å²) in [5.41, 5.74) is -0.858. The first-order chi connectivity index (χ1) is 12.8. The van der Waals surface area contributed by atoms with Crippen molar-refractivity contribution in [2.24, 2.45) is 5.41 Å². The molecule has 0 aliphatic heterocycles. The molecule has 0 radical (unpaired) electrons. The molecule has 0 spiro atoms. The molecule has 0 saturated carbocycles. The highest BCUT2D eigenvalue weighted by molar-refractivity contribution is 6.31. The van der Waals surface area contributed by atoms with Crippen molar-refractivity contribution in [3.8, 4) is 0 Å². The summed E-state index contributed by atoms with van der Waals surface area (Å²) in [6.45, 7) is 5.17. The van der Waals surface area contributed by atoms with Gasteiger partial charge in [-0.3, -0.25) is 9.59 Å². The highest BCUT2D eigenvalue weighted by Gasteiger charge is 2.46. The molecular formula is C19H26ClNO6. The van der Waals surface area contributed by atoms with Gasteiger partial charge in [-0.05, 0) is 38.8 Å². The van der Waals surface area contributed by atoms with Crippen LogP contribution in [0.4, 0.5) is 4.79 Å². The minimum Gasteiger partial charge on any atom is -0.465 e. The lowest BCUT2D eigenvalue weighted by molar-refractivity contribution is -0.171. The number of amides is 1. The molecule has 0 aliphatic rings. The summed E-state index contributed by atoms with van der Waals surface area (Å²) in [5.74, 6) is -1.81. The Hall–Kier alpha value is -2.28. The van der Waals surface area contributed by atoms with Gasteiger partial charge in [-0.25, -0.2) is 4.79 Å². The number of hydrogen-bond donors (Lipinski definition) is 1. The zero-order chi connectivity index (χ0) is 20.4. The van der Waals surface area contributed by atoms with Gasteiger partial charge in [-0.2, -0.15) is 0 Å². The Morgan fingerprint density at radius 2 is 1.67 bits per heavy atom. The molecule has 1 amide bonds. The molecule has 7 nitrogen and oxygen atoms in total. The predicted octanol–water partition coefficient (Wildman–Crippen LogP) is 3.30. The number of nitrogens with one attached hydrogen (secondary N) is 1. The van der Waals surface area contributed by atoms with Crippen molar-refractivity contribution in [1.29, 1.82) is 0 Å². The molecule has 0 fully saturated rings. The number of esters is 2. The maximum Gasteiger partial charge on any atom is 0.406 e. The van der Waals surface area contributed by atoms with Crippen molar-refractivity contribution in [3.63, 3.8) is 0 Å². The minimum absolute atomic E-state index is 0.0401. The van der Waals surface area contributed by atoms with Crippen molar-refractivity contribution in [2.75, 3.05) is 26.9 Å². The van der Waals surface area contributed by atoms with Crippen molar-refractivity contribution < 1.29 is 28.6 Å². The van der Waals surface area contributed by atoms with Crippen LogP contribution in [0.15, 0.2) is 24.3 Å². The molecule has 8 heteroatoms. The smallest absolute Gasteiger partial charge is 0.406 e. The van der Waals surface area contributed by atoms with Crippen LogP contribution in [0.2, 0.25) is 5.02 Å². The van der Waals surface area contributed by atoms with Crippen molar-refractivity contribution in [1.82, 2.24) is 5.32 Å². The van der Waals surface area contributed by atoms with Gasteiger partial charge in [0.15, 0.2) is 5.41 Å². The van der Waals surface area contributed by atoms with E-state index in [0.717, 1.165) is 0 Å². The number of ether oxygens (including phenoxy) is 3. The summed E-state index contributed by atoms with van der Waals surface area (Å²) < 4.78 is 14.8. The first-order valence-corrected chi connectivity index (χ1v) is 9.08. The third-order valence-corrected chi connectivity index (χ3v) is 4.47. The average Bonchev–Trinajstić information content (AvgIpc) is 2.65. The fraction of sp³-hybridized carbons (Fsp3) is 0.526. The van der Waals surface area contributed by atoms with Crippen LogP contribution in [0.5, 0.6) is 0 Å².